The molecular weight excluding hydrogens is 579 g/mol. The summed E-state index contributed by atoms with van der Waals surface area (Å²) in [5.74, 6) is 5.65. The SMILES string of the molecule is CC.CCCN(N)C(=O)Nc1cc(-c2cccs2)ccc1N.Nc1ccc(-c2cccs2)cc1NC(=O)C1CCCCN1. The van der Waals surface area contributed by atoms with Crippen LogP contribution in [0.1, 0.15) is 46.5 Å². The molecule has 1 unspecified atom stereocenters. The van der Waals surface area contributed by atoms with Gasteiger partial charge in [0.05, 0.1) is 28.8 Å². The van der Waals surface area contributed by atoms with Crippen LogP contribution in [0.3, 0.4) is 0 Å². The number of hydrazine groups is 1. The van der Waals surface area contributed by atoms with Crippen molar-refractivity contribution in [2.24, 2.45) is 5.84 Å². The van der Waals surface area contributed by atoms with Crippen LogP contribution in [-0.2, 0) is 4.79 Å². The Morgan fingerprint density at radius 3 is 1.91 bits per heavy atom. The number of nitrogens with one attached hydrogen (secondary N) is 3. The molecule has 5 rings (SSSR count). The van der Waals surface area contributed by atoms with Crippen LogP contribution in [0.2, 0.25) is 0 Å². The lowest BCUT2D eigenvalue weighted by atomic mass is 10.0. The number of nitrogens with zero attached hydrogens (tertiary/aromatic N) is 1. The highest BCUT2D eigenvalue weighted by atomic mass is 32.1. The van der Waals surface area contributed by atoms with Crippen LogP contribution in [0.4, 0.5) is 27.5 Å². The fourth-order valence-electron chi connectivity index (χ4n) is 4.35. The summed E-state index contributed by atoms with van der Waals surface area (Å²) in [5.41, 5.74) is 16.4. The van der Waals surface area contributed by atoms with Crippen LogP contribution in [-0.4, -0.2) is 36.1 Å². The van der Waals surface area contributed by atoms with E-state index in [1.807, 2.05) is 80.1 Å². The zero-order chi connectivity index (χ0) is 31.2. The second-order valence-electron chi connectivity index (χ2n) is 9.67. The summed E-state index contributed by atoms with van der Waals surface area (Å²) in [6.45, 7) is 7.36. The molecule has 0 spiro atoms. The van der Waals surface area contributed by atoms with Gasteiger partial charge >= 0.3 is 6.03 Å². The summed E-state index contributed by atoms with van der Waals surface area (Å²) in [6.07, 6.45) is 3.92. The Labute approximate surface area is 262 Å². The first-order valence-electron chi connectivity index (χ1n) is 14.6. The Balaban J connectivity index is 0.000000223. The molecule has 4 aromatic rings. The molecule has 9 N–H and O–H groups in total. The average Bonchev–Trinajstić information content (AvgIpc) is 3.77. The Morgan fingerprint density at radius 1 is 0.884 bits per heavy atom. The number of nitrogen functional groups attached to an aromatic ring is 2. The fourth-order valence-corrected chi connectivity index (χ4v) is 5.79. The third-order valence-electron chi connectivity index (χ3n) is 6.57. The summed E-state index contributed by atoms with van der Waals surface area (Å²) in [4.78, 5) is 26.5. The van der Waals surface area contributed by atoms with Gasteiger partial charge < -0.3 is 27.4 Å². The van der Waals surface area contributed by atoms with E-state index >= 15 is 0 Å². The molecule has 3 amide bonds. The van der Waals surface area contributed by atoms with Crippen LogP contribution in [0.25, 0.3) is 20.9 Å². The van der Waals surface area contributed by atoms with Crippen LogP contribution in [0, 0.1) is 0 Å². The van der Waals surface area contributed by atoms with Gasteiger partial charge in [0.25, 0.3) is 0 Å². The number of nitrogens with two attached hydrogens (primary N) is 3. The number of amides is 3. The van der Waals surface area contributed by atoms with Crippen LogP contribution < -0.4 is 33.3 Å². The van der Waals surface area contributed by atoms with Gasteiger partial charge in [-0.15, -0.1) is 22.7 Å². The monoisotopic (exact) mass is 621 g/mol. The molecule has 1 atom stereocenters. The summed E-state index contributed by atoms with van der Waals surface area (Å²) >= 11 is 3.31. The third-order valence-corrected chi connectivity index (χ3v) is 8.41. The highest BCUT2D eigenvalue weighted by Crippen LogP contribution is 2.31. The molecule has 230 valence electrons. The van der Waals surface area contributed by atoms with E-state index in [2.05, 4.69) is 22.0 Å². The number of rotatable bonds is 7. The summed E-state index contributed by atoms with van der Waals surface area (Å²) in [5, 5.41) is 14.1. The molecule has 1 saturated heterocycles. The highest BCUT2D eigenvalue weighted by Gasteiger charge is 2.21. The van der Waals surface area contributed by atoms with E-state index in [0.29, 0.717) is 29.3 Å². The van der Waals surface area contributed by atoms with Crippen molar-refractivity contribution < 1.29 is 9.59 Å². The normalized spacial score (nSPS) is 13.9. The topological polar surface area (TPSA) is 152 Å². The highest BCUT2D eigenvalue weighted by molar-refractivity contribution is 7.13. The van der Waals surface area contributed by atoms with E-state index in [0.717, 1.165) is 53.2 Å². The van der Waals surface area contributed by atoms with Gasteiger partial charge in [-0.1, -0.05) is 51.5 Å². The first kappa shape index (κ1) is 33.6. The Morgan fingerprint density at radius 2 is 1.44 bits per heavy atom. The molecule has 3 heterocycles. The van der Waals surface area contributed by atoms with Gasteiger partial charge in [-0.2, -0.15) is 0 Å². The molecule has 1 aliphatic rings. The van der Waals surface area contributed by atoms with E-state index in [1.54, 1.807) is 28.7 Å². The molecule has 0 aliphatic carbocycles. The van der Waals surface area contributed by atoms with Crippen molar-refractivity contribution in [3.63, 3.8) is 0 Å². The number of carbonyl (C=O) groups is 2. The Hall–Kier alpha value is -3.90. The third kappa shape index (κ3) is 9.82. The molecular formula is C32H43N7O2S2. The van der Waals surface area contributed by atoms with E-state index in [9.17, 15) is 9.59 Å². The van der Waals surface area contributed by atoms with Crippen molar-refractivity contribution in [3.05, 3.63) is 71.4 Å². The largest absolute Gasteiger partial charge is 0.397 e. The number of hydrogen-bond donors (Lipinski definition) is 6. The van der Waals surface area contributed by atoms with Gasteiger partial charge in [0.1, 0.15) is 0 Å². The second kappa shape index (κ2) is 17.3. The molecule has 11 heteroatoms. The van der Waals surface area contributed by atoms with Crippen LogP contribution in [0.5, 0.6) is 0 Å². The summed E-state index contributed by atoms with van der Waals surface area (Å²) < 4.78 is 0. The molecule has 1 aliphatic heterocycles. The number of hydrogen-bond acceptors (Lipinski definition) is 8. The predicted octanol–water partition coefficient (Wildman–Crippen LogP) is 7.22. The number of anilines is 4. The van der Waals surface area contributed by atoms with Crippen LogP contribution >= 0.6 is 22.7 Å². The Kier molecular flexibility index (Phi) is 13.5. The van der Waals surface area contributed by atoms with Gasteiger partial charge in [-0.05, 0) is 84.1 Å². The van der Waals surface area contributed by atoms with Gasteiger partial charge in [-0.3, -0.25) is 9.80 Å². The summed E-state index contributed by atoms with van der Waals surface area (Å²) in [6, 6.07) is 19.0. The first-order valence-corrected chi connectivity index (χ1v) is 16.4. The maximum absolute atomic E-state index is 12.3. The molecule has 1 fully saturated rings. The molecule has 9 nitrogen and oxygen atoms in total. The fraction of sp³-hybridized carbons (Fsp3) is 0.312. The Bertz CT molecular complexity index is 1420. The first-order chi connectivity index (χ1) is 20.9. The average molecular weight is 622 g/mol. The summed E-state index contributed by atoms with van der Waals surface area (Å²) in [7, 11) is 0. The standard InChI is InChI=1S/C16H19N3OS.C14H18N4OS.C2H6/c17-12-7-6-11(15-5-3-9-21-15)10-14(12)19-16(20)13-4-1-2-8-18-13;1-2-7-18(16)14(19)17-12-9-10(5-6-11(12)15)13-4-3-8-20-13;1-2/h3,5-7,9-10,13,18H,1-2,4,8,17H2,(H,19,20);3-6,8-9H,2,7,15-16H2,1H3,(H,17,19);1-2H3. The maximum Gasteiger partial charge on any atom is 0.336 e. The van der Waals surface area contributed by atoms with Gasteiger partial charge in [-0.25, -0.2) is 10.6 Å². The molecule has 2 aromatic carbocycles. The predicted molar refractivity (Wildman–Crippen MR) is 184 cm³/mol. The van der Waals surface area contributed by atoms with Gasteiger partial charge in [0.2, 0.25) is 5.91 Å². The lowest BCUT2D eigenvalue weighted by Gasteiger charge is -2.23. The minimum atomic E-state index is -0.359. The van der Waals surface area contributed by atoms with Gasteiger partial charge in [0, 0.05) is 16.3 Å². The smallest absolute Gasteiger partial charge is 0.336 e. The maximum atomic E-state index is 12.3. The van der Waals surface area contributed by atoms with Crippen molar-refractivity contribution in [3.8, 4) is 20.9 Å². The van der Waals surface area contributed by atoms with Crippen LogP contribution in [0.15, 0.2) is 71.4 Å². The molecule has 0 saturated carbocycles. The van der Waals surface area contributed by atoms with E-state index < -0.39 is 0 Å². The van der Waals surface area contributed by atoms with Crippen molar-refractivity contribution in [2.75, 3.05) is 35.2 Å². The van der Waals surface area contributed by atoms with E-state index in [-0.39, 0.29) is 18.0 Å². The zero-order valence-electron chi connectivity index (χ0n) is 25.1. The van der Waals surface area contributed by atoms with E-state index in [4.69, 9.17) is 17.3 Å². The van der Waals surface area contributed by atoms with Gasteiger partial charge in [0.15, 0.2) is 0 Å². The molecule has 2 aromatic heterocycles. The number of benzene rings is 2. The van der Waals surface area contributed by atoms with E-state index in [1.165, 1.54) is 4.88 Å². The lowest BCUT2D eigenvalue weighted by Crippen LogP contribution is -2.43. The van der Waals surface area contributed by atoms with Crippen molar-refractivity contribution >= 4 is 57.4 Å². The quantitative estimate of drug-likeness (QED) is 0.0555. The minimum Gasteiger partial charge on any atom is -0.397 e. The van der Waals surface area contributed by atoms with Crippen molar-refractivity contribution in [2.45, 2.75) is 52.5 Å². The second-order valence-corrected chi connectivity index (χ2v) is 11.6. The zero-order valence-corrected chi connectivity index (χ0v) is 26.7. The number of piperidine rings is 1. The molecule has 0 radical (unpaired) electrons. The minimum absolute atomic E-state index is 0.00438. The van der Waals surface area contributed by atoms with Crippen molar-refractivity contribution in [1.29, 1.82) is 0 Å². The number of thiophene rings is 2. The lowest BCUT2D eigenvalue weighted by molar-refractivity contribution is -0.118. The molecule has 0 bridgehead atoms. The number of carbonyl (C=O) groups excluding carboxylic acids is 2. The van der Waals surface area contributed by atoms with Crippen molar-refractivity contribution in [1.82, 2.24) is 10.3 Å². The molecule has 43 heavy (non-hydrogen) atoms. The number of urea groups is 1.